The van der Waals surface area contributed by atoms with Gasteiger partial charge in [0.2, 0.25) is 0 Å². The van der Waals surface area contributed by atoms with Gasteiger partial charge in [-0.3, -0.25) is 4.79 Å². The van der Waals surface area contributed by atoms with Crippen molar-refractivity contribution >= 4 is 5.97 Å². The van der Waals surface area contributed by atoms with Gasteiger partial charge >= 0.3 is 5.97 Å². The third-order valence-corrected chi connectivity index (χ3v) is 3.46. The van der Waals surface area contributed by atoms with Gasteiger partial charge in [0.05, 0.1) is 12.2 Å². The number of rotatable bonds is 9. The van der Waals surface area contributed by atoms with Gasteiger partial charge in [-0.2, -0.15) is 0 Å². The zero-order valence-corrected chi connectivity index (χ0v) is 12.6. The lowest BCUT2D eigenvalue weighted by Crippen LogP contribution is -2.33. The molecule has 0 amide bonds. The fourth-order valence-corrected chi connectivity index (χ4v) is 1.66. The minimum Gasteiger partial charge on any atom is -0.462 e. The Morgan fingerprint density at radius 3 is 2.32 bits per heavy atom. The number of carbonyl (C=O) groups excluding carboxylic acids is 1. The molecule has 3 atom stereocenters. The molecule has 0 radical (unpaired) electrons. The first-order valence-electron chi connectivity index (χ1n) is 6.95. The van der Waals surface area contributed by atoms with Gasteiger partial charge in [0.25, 0.3) is 0 Å². The quantitative estimate of drug-likeness (QED) is 0.500. The van der Waals surface area contributed by atoms with Crippen LogP contribution in [-0.4, -0.2) is 34.5 Å². The molecule has 0 aromatic carbocycles. The second kappa shape index (κ2) is 8.33. The molecule has 112 valence electrons. The predicted octanol–water partition coefficient (Wildman–Crippen LogP) is 2.43. The summed E-state index contributed by atoms with van der Waals surface area (Å²) in [7, 11) is 0. The number of hydrogen-bond acceptors (Lipinski definition) is 4. The third kappa shape index (κ3) is 6.73. The standard InChI is InChI=1S/C15H28O4/c1-6-12(19-14(18)7-2)9-11(16)10-13(17)15(4,5)8-3/h8,11-13,16-17H,3,6-7,9-10H2,1-2,4-5H3/t11-,12+,13+/m1/s1. The molecule has 0 unspecified atom stereocenters. The second-order valence-electron chi connectivity index (χ2n) is 5.54. The average Bonchev–Trinajstić information content (AvgIpc) is 2.37. The summed E-state index contributed by atoms with van der Waals surface area (Å²) < 4.78 is 5.21. The van der Waals surface area contributed by atoms with E-state index in [-0.39, 0.29) is 18.5 Å². The lowest BCUT2D eigenvalue weighted by molar-refractivity contribution is -0.150. The van der Waals surface area contributed by atoms with Crippen molar-refractivity contribution in [2.75, 3.05) is 0 Å². The molecular weight excluding hydrogens is 244 g/mol. The highest BCUT2D eigenvalue weighted by Gasteiger charge is 2.27. The Bertz CT molecular complexity index is 286. The van der Waals surface area contributed by atoms with Gasteiger partial charge in [0.1, 0.15) is 6.10 Å². The minimum absolute atomic E-state index is 0.249. The molecule has 0 rings (SSSR count). The lowest BCUT2D eigenvalue weighted by atomic mass is 9.83. The molecule has 0 heterocycles. The van der Waals surface area contributed by atoms with E-state index in [0.29, 0.717) is 19.3 Å². The first kappa shape index (κ1) is 18.1. The largest absolute Gasteiger partial charge is 0.462 e. The number of carbonyl (C=O) groups is 1. The Morgan fingerprint density at radius 2 is 1.89 bits per heavy atom. The van der Waals surface area contributed by atoms with Crippen molar-refractivity contribution in [2.45, 2.75) is 71.7 Å². The molecule has 0 aromatic heterocycles. The topological polar surface area (TPSA) is 66.8 Å². The van der Waals surface area contributed by atoms with Crippen LogP contribution in [0.2, 0.25) is 0 Å². The summed E-state index contributed by atoms with van der Waals surface area (Å²) in [6.07, 6.45) is 1.62. The molecule has 0 aliphatic carbocycles. The minimum atomic E-state index is -0.691. The zero-order valence-electron chi connectivity index (χ0n) is 12.6. The maximum atomic E-state index is 11.2. The van der Waals surface area contributed by atoms with E-state index in [0.717, 1.165) is 0 Å². The summed E-state index contributed by atoms with van der Waals surface area (Å²) in [5, 5.41) is 20.0. The van der Waals surface area contributed by atoms with E-state index < -0.39 is 17.6 Å². The Kier molecular flexibility index (Phi) is 7.95. The van der Waals surface area contributed by atoms with Crippen molar-refractivity contribution in [3.8, 4) is 0 Å². The Balaban J connectivity index is 4.31. The van der Waals surface area contributed by atoms with Crippen LogP contribution >= 0.6 is 0 Å². The van der Waals surface area contributed by atoms with Gasteiger partial charge in [-0.15, -0.1) is 6.58 Å². The predicted molar refractivity (Wildman–Crippen MR) is 75.7 cm³/mol. The van der Waals surface area contributed by atoms with Gasteiger partial charge in [0.15, 0.2) is 0 Å². The van der Waals surface area contributed by atoms with Crippen LogP contribution in [0.5, 0.6) is 0 Å². The fourth-order valence-electron chi connectivity index (χ4n) is 1.66. The first-order valence-corrected chi connectivity index (χ1v) is 6.95. The van der Waals surface area contributed by atoms with E-state index in [4.69, 9.17) is 4.74 Å². The maximum absolute atomic E-state index is 11.2. The molecule has 4 heteroatoms. The number of ether oxygens (including phenoxy) is 1. The highest BCUT2D eigenvalue weighted by molar-refractivity contribution is 5.69. The van der Waals surface area contributed by atoms with E-state index in [9.17, 15) is 15.0 Å². The molecule has 4 nitrogen and oxygen atoms in total. The smallest absolute Gasteiger partial charge is 0.305 e. The average molecular weight is 272 g/mol. The van der Waals surface area contributed by atoms with Gasteiger partial charge in [-0.1, -0.05) is 33.8 Å². The van der Waals surface area contributed by atoms with Gasteiger partial charge < -0.3 is 14.9 Å². The van der Waals surface area contributed by atoms with E-state index in [2.05, 4.69) is 6.58 Å². The summed E-state index contributed by atoms with van der Waals surface area (Å²) in [5.41, 5.74) is -0.442. The lowest BCUT2D eigenvalue weighted by Gasteiger charge is -2.29. The summed E-state index contributed by atoms with van der Waals surface area (Å²) in [6.45, 7) is 11.1. The van der Waals surface area contributed by atoms with Crippen LogP contribution in [0.3, 0.4) is 0 Å². The number of aliphatic hydroxyl groups excluding tert-OH is 2. The second-order valence-corrected chi connectivity index (χ2v) is 5.54. The van der Waals surface area contributed by atoms with Crippen molar-refractivity contribution < 1.29 is 19.7 Å². The molecule has 0 bridgehead atoms. The van der Waals surface area contributed by atoms with E-state index in [1.165, 1.54) is 0 Å². The van der Waals surface area contributed by atoms with Crippen LogP contribution in [0.4, 0.5) is 0 Å². The van der Waals surface area contributed by atoms with E-state index >= 15 is 0 Å². The summed E-state index contributed by atoms with van der Waals surface area (Å²) in [5.74, 6) is -0.258. The molecule has 0 fully saturated rings. The normalized spacial score (nSPS) is 16.5. The van der Waals surface area contributed by atoms with Crippen molar-refractivity contribution in [1.82, 2.24) is 0 Å². The van der Waals surface area contributed by atoms with Gasteiger partial charge in [0, 0.05) is 24.7 Å². The summed E-state index contributed by atoms with van der Waals surface area (Å²) in [6, 6.07) is 0. The fraction of sp³-hybridized carbons (Fsp3) is 0.800. The summed E-state index contributed by atoms with van der Waals surface area (Å²) >= 11 is 0. The highest BCUT2D eigenvalue weighted by atomic mass is 16.5. The van der Waals surface area contributed by atoms with Crippen LogP contribution in [-0.2, 0) is 9.53 Å². The van der Waals surface area contributed by atoms with Crippen LogP contribution in [0.15, 0.2) is 12.7 Å². The zero-order chi connectivity index (χ0) is 15.1. The van der Waals surface area contributed by atoms with Crippen LogP contribution in [0, 0.1) is 5.41 Å². The van der Waals surface area contributed by atoms with Crippen molar-refractivity contribution in [1.29, 1.82) is 0 Å². The Morgan fingerprint density at radius 1 is 1.32 bits per heavy atom. The highest BCUT2D eigenvalue weighted by Crippen LogP contribution is 2.26. The molecule has 19 heavy (non-hydrogen) atoms. The molecule has 2 N–H and O–H groups in total. The third-order valence-electron chi connectivity index (χ3n) is 3.46. The molecule has 0 spiro atoms. The van der Waals surface area contributed by atoms with Crippen molar-refractivity contribution in [3.63, 3.8) is 0 Å². The van der Waals surface area contributed by atoms with Gasteiger partial charge in [-0.05, 0) is 6.42 Å². The van der Waals surface area contributed by atoms with Crippen molar-refractivity contribution in [3.05, 3.63) is 12.7 Å². The van der Waals surface area contributed by atoms with Crippen LogP contribution < -0.4 is 0 Å². The molecule has 0 saturated heterocycles. The molecule has 0 saturated carbocycles. The molecule has 0 aliphatic rings. The van der Waals surface area contributed by atoms with Gasteiger partial charge in [-0.25, -0.2) is 0 Å². The monoisotopic (exact) mass is 272 g/mol. The van der Waals surface area contributed by atoms with E-state index in [1.54, 1.807) is 13.0 Å². The number of hydrogen-bond donors (Lipinski definition) is 2. The number of esters is 1. The van der Waals surface area contributed by atoms with E-state index in [1.807, 2.05) is 20.8 Å². The van der Waals surface area contributed by atoms with Crippen LogP contribution in [0.1, 0.15) is 53.4 Å². The van der Waals surface area contributed by atoms with Crippen molar-refractivity contribution in [2.24, 2.45) is 5.41 Å². The van der Waals surface area contributed by atoms with Crippen LogP contribution in [0.25, 0.3) is 0 Å². The summed E-state index contributed by atoms with van der Waals surface area (Å²) in [4.78, 5) is 11.2. The SMILES string of the molecule is C=CC(C)(C)[C@@H](O)C[C@H](O)C[C@H](CC)OC(=O)CC. The number of aliphatic hydroxyl groups is 2. The Hall–Kier alpha value is -0.870. The molecular formula is C15H28O4. The molecule has 0 aliphatic heterocycles. The maximum Gasteiger partial charge on any atom is 0.305 e. The first-order chi connectivity index (χ1) is 8.76. The molecule has 0 aromatic rings. The Labute approximate surface area is 116 Å².